The van der Waals surface area contributed by atoms with Crippen LogP contribution in [0.1, 0.15) is 32.6 Å². The maximum atomic E-state index is 6.17. The van der Waals surface area contributed by atoms with Crippen molar-refractivity contribution in [3.63, 3.8) is 0 Å². The molecule has 2 rings (SSSR count). The lowest BCUT2D eigenvalue weighted by molar-refractivity contribution is 0.310. The zero-order valence-corrected chi connectivity index (χ0v) is 7.67. The molecule has 0 saturated heterocycles. The summed E-state index contributed by atoms with van der Waals surface area (Å²) in [7, 11) is 0. The van der Waals surface area contributed by atoms with Gasteiger partial charge in [-0.1, -0.05) is 6.92 Å². The first-order chi connectivity index (χ1) is 4.54. The van der Waals surface area contributed by atoms with Crippen LogP contribution in [0.15, 0.2) is 0 Å². The molecular weight excluding hydrogens is 167 g/mol. The van der Waals surface area contributed by atoms with Crippen LogP contribution in [0.4, 0.5) is 0 Å². The van der Waals surface area contributed by atoms with E-state index in [0.717, 1.165) is 12.3 Å². The fourth-order valence-corrected chi connectivity index (χ4v) is 3.26. The zero-order valence-electron chi connectivity index (χ0n) is 6.16. The summed E-state index contributed by atoms with van der Waals surface area (Å²) in [6.07, 6.45) is 4.84. The van der Waals surface area contributed by atoms with Gasteiger partial charge < -0.3 is 0 Å². The first-order valence-corrected chi connectivity index (χ1v) is 4.67. The second kappa shape index (κ2) is 1.84. The van der Waals surface area contributed by atoms with E-state index in [1.54, 1.807) is 0 Å². The van der Waals surface area contributed by atoms with E-state index in [0.29, 0.717) is 0 Å². The van der Waals surface area contributed by atoms with Crippen molar-refractivity contribution in [1.29, 1.82) is 0 Å². The van der Waals surface area contributed by atoms with Crippen LogP contribution in [0.25, 0.3) is 0 Å². The molecule has 0 N–H and O–H groups in total. The summed E-state index contributed by atoms with van der Waals surface area (Å²) in [6, 6.07) is 0. The molecule has 2 aliphatic rings. The van der Waals surface area contributed by atoms with E-state index in [1.165, 1.54) is 19.3 Å². The fraction of sp³-hybridized carbons (Fsp3) is 1.00. The summed E-state index contributed by atoms with van der Waals surface area (Å²) in [5.74, 6) is 0.819. The molecule has 0 radical (unpaired) electrons. The minimum absolute atomic E-state index is 0.237. The van der Waals surface area contributed by atoms with Crippen LogP contribution in [0.3, 0.4) is 0 Å². The standard InChI is InChI=1S/C8H12Cl2/c1-7-3-2-6(4-7)5-8(7,9)10/h6H,2-5H2,1H3. The van der Waals surface area contributed by atoms with E-state index >= 15 is 0 Å². The molecule has 0 aromatic rings. The van der Waals surface area contributed by atoms with E-state index in [2.05, 4.69) is 6.92 Å². The lowest BCUT2D eigenvalue weighted by atomic mass is 9.86. The summed E-state index contributed by atoms with van der Waals surface area (Å²) in [5.41, 5.74) is 0.237. The molecule has 10 heavy (non-hydrogen) atoms. The third-order valence-electron chi connectivity index (χ3n) is 3.27. The smallest absolute Gasteiger partial charge is 0.101 e. The molecule has 2 aliphatic carbocycles. The van der Waals surface area contributed by atoms with Gasteiger partial charge in [0.1, 0.15) is 4.33 Å². The second-order valence-corrected chi connectivity index (χ2v) is 5.56. The molecule has 0 aliphatic heterocycles. The highest BCUT2D eigenvalue weighted by Crippen LogP contribution is 2.64. The highest BCUT2D eigenvalue weighted by atomic mass is 35.5. The molecule has 0 heterocycles. The first-order valence-electron chi connectivity index (χ1n) is 3.91. The summed E-state index contributed by atoms with van der Waals surface area (Å²) in [5, 5.41) is 0. The third kappa shape index (κ3) is 0.753. The van der Waals surface area contributed by atoms with Gasteiger partial charge in [0.25, 0.3) is 0 Å². The third-order valence-corrected chi connectivity index (χ3v) is 4.49. The van der Waals surface area contributed by atoms with Gasteiger partial charge in [-0.3, -0.25) is 0 Å². The van der Waals surface area contributed by atoms with E-state index in [4.69, 9.17) is 23.2 Å². The Bertz CT molecular complexity index is 163. The SMILES string of the molecule is CC12CCC(CC1(Cl)Cl)C2. The molecule has 0 spiro atoms. The van der Waals surface area contributed by atoms with Gasteiger partial charge in [-0.05, 0) is 31.6 Å². The molecule has 2 unspecified atom stereocenters. The van der Waals surface area contributed by atoms with Gasteiger partial charge in [-0.15, -0.1) is 23.2 Å². The molecule has 0 aromatic carbocycles. The Morgan fingerprint density at radius 3 is 2.20 bits per heavy atom. The van der Waals surface area contributed by atoms with Gasteiger partial charge in [-0.25, -0.2) is 0 Å². The number of alkyl halides is 2. The normalized spacial score (nSPS) is 50.1. The van der Waals surface area contributed by atoms with Crippen molar-refractivity contribution in [3.05, 3.63) is 0 Å². The summed E-state index contributed by atoms with van der Waals surface area (Å²) in [6.45, 7) is 2.22. The largest absolute Gasteiger partial charge is 0.123 e. The van der Waals surface area contributed by atoms with E-state index in [1.807, 2.05) is 0 Å². The van der Waals surface area contributed by atoms with E-state index in [-0.39, 0.29) is 5.41 Å². The van der Waals surface area contributed by atoms with Crippen molar-refractivity contribution < 1.29 is 0 Å². The molecule has 0 amide bonds. The van der Waals surface area contributed by atoms with Crippen LogP contribution in [0.2, 0.25) is 0 Å². The van der Waals surface area contributed by atoms with Crippen LogP contribution < -0.4 is 0 Å². The molecule has 2 bridgehead atoms. The van der Waals surface area contributed by atoms with Crippen molar-refractivity contribution in [3.8, 4) is 0 Å². The Kier molecular flexibility index (Phi) is 1.33. The van der Waals surface area contributed by atoms with E-state index < -0.39 is 4.33 Å². The lowest BCUT2D eigenvalue weighted by Gasteiger charge is -2.34. The van der Waals surface area contributed by atoms with Crippen LogP contribution in [0, 0.1) is 11.3 Å². The fourth-order valence-electron chi connectivity index (χ4n) is 2.48. The van der Waals surface area contributed by atoms with Crippen LogP contribution in [0.5, 0.6) is 0 Å². The lowest BCUT2D eigenvalue weighted by Crippen LogP contribution is -2.31. The first kappa shape index (κ1) is 7.24. The second-order valence-electron chi connectivity index (χ2n) is 4.08. The van der Waals surface area contributed by atoms with Crippen LogP contribution >= 0.6 is 23.2 Å². The Morgan fingerprint density at radius 2 is 2.00 bits per heavy atom. The average Bonchev–Trinajstić information content (AvgIpc) is 2.18. The van der Waals surface area contributed by atoms with E-state index in [9.17, 15) is 0 Å². The predicted molar refractivity (Wildman–Crippen MR) is 44.5 cm³/mol. The molecule has 2 saturated carbocycles. The number of hydrogen-bond donors (Lipinski definition) is 0. The number of halogens is 2. The average molecular weight is 179 g/mol. The van der Waals surface area contributed by atoms with Gasteiger partial charge in [-0.2, -0.15) is 0 Å². The molecular formula is C8H12Cl2. The topological polar surface area (TPSA) is 0 Å². The van der Waals surface area contributed by atoms with Gasteiger partial charge in [0.2, 0.25) is 0 Å². The number of fused-ring (bicyclic) bond motifs is 2. The zero-order chi connectivity index (χ0) is 7.41. The molecule has 2 fully saturated rings. The van der Waals surface area contributed by atoms with Crippen molar-refractivity contribution in [2.75, 3.05) is 0 Å². The molecule has 0 aromatic heterocycles. The van der Waals surface area contributed by atoms with Gasteiger partial charge in [0, 0.05) is 5.41 Å². The molecule has 58 valence electrons. The Hall–Kier alpha value is 0.580. The van der Waals surface area contributed by atoms with Crippen LogP contribution in [-0.4, -0.2) is 4.33 Å². The molecule has 2 atom stereocenters. The predicted octanol–water partition coefficient (Wildman–Crippen LogP) is 3.37. The van der Waals surface area contributed by atoms with Gasteiger partial charge in [0.05, 0.1) is 0 Å². The number of hydrogen-bond acceptors (Lipinski definition) is 0. The highest BCUT2D eigenvalue weighted by Gasteiger charge is 2.57. The maximum absolute atomic E-state index is 6.17. The summed E-state index contributed by atoms with van der Waals surface area (Å²) >= 11 is 12.3. The van der Waals surface area contributed by atoms with Crippen molar-refractivity contribution in [1.82, 2.24) is 0 Å². The Balaban J connectivity index is 2.31. The highest BCUT2D eigenvalue weighted by molar-refractivity contribution is 6.49. The van der Waals surface area contributed by atoms with Crippen LogP contribution in [-0.2, 0) is 0 Å². The molecule has 2 heteroatoms. The van der Waals surface area contributed by atoms with Gasteiger partial charge in [0.15, 0.2) is 0 Å². The van der Waals surface area contributed by atoms with Crippen molar-refractivity contribution in [2.45, 2.75) is 36.9 Å². The monoisotopic (exact) mass is 178 g/mol. The van der Waals surface area contributed by atoms with Crippen molar-refractivity contribution >= 4 is 23.2 Å². The van der Waals surface area contributed by atoms with Gasteiger partial charge >= 0.3 is 0 Å². The minimum atomic E-state index is -0.407. The Labute approximate surface area is 71.9 Å². The maximum Gasteiger partial charge on any atom is 0.123 e. The summed E-state index contributed by atoms with van der Waals surface area (Å²) in [4.78, 5) is 0. The molecule has 0 nitrogen and oxygen atoms in total. The summed E-state index contributed by atoms with van der Waals surface area (Å²) < 4.78 is -0.407. The minimum Gasteiger partial charge on any atom is -0.101 e. The quantitative estimate of drug-likeness (QED) is 0.500. The Morgan fingerprint density at radius 1 is 1.30 bits per heavy atom. The van der Waals surface area contributed by atoms with Crippen molar-refractivity contribution in [2.24, 2.45) is 11.3 Å². The number of rotatable bonds is 0.